The predicted molar refractivity (Wildman–Crippen MR) is 140 cm³/mol. The second-order valence-electron chi connectivity index (χ2n) is 11.0. The van der Waals surface area contributed by atoms with E-state index in [4.69, 9.17) is 4.74 Å². The number of hydrogen-bond donors (Lipinski definition) is 0. The molecule has 1 aliphatic carbocycles. The molecule has 0 unspecified atom stereocenters. The Hall–Kier alpha value is -3.46. The highest BCUT2D eigenvalue weighted by Crippen LogP contribution is 2.50. The third kappa shape index (κ3) is 4.48. The van der Waals surface area contributed by atoms with E-state index in [1.807, 2.05) is 42.5 Å². The summed E-state index contributed by atoms with van der Waals surface area (Å²) in [5, 5.41) is 2.16. The SMILES string of the molecule is CC1(C)CCC(C)(C)c2c(OCc3ccc(F)cc3)cc(C(=O)c3ccc4ccccc4c3)cc21. The van der Waals surface area contributed by atoms with Gasteiger partial charge in [0.05, 0.1) is 0 Å². The van der Waals surface area contributed by atoms with E-state index in [1.165, 1.54) is 23.3 Å². The summed E-state index contributed by atoms with van der Waals surface area (Å²) >= 11 is 0. The molecule has 0 amide bonds. The number of rotatable bonds is 5. The number of ketones is 1. The van der Waals surface area contributed by atoms with Crippen molar-refractivity contribution >= 4 is 16.6 Å². The fourth-order valence-electron chi connectivity index (χ4n) is 5.22. The van der Waals surface area contributed by atoms with Crippen LogP contribution in [-0.4, -0.2) is 5.78 Å². The summed E-state index contributed by atoms with van der Waals surface area (Å²) in [6.45, 7) is 9.30. The van der Waals surface area contributed by atoms with E-state index in [0.29, 0.717) is 17.7 Å². The van der Waals surface area contributed by atoms with Gasteiger partial charge in [-0.15, -0.1) is 0 Å². The average molecular weight is 467 g/mol. The number of halogens is 1. The van der Waals surface area contributed by atoms with Crippen molar-refractivity contribution in [1.29, 1.82) is 0 Å². The lowest BCUT2D eigenvalue weighted by Gasteiger charge is -2.42. The van der Waals surface area contributed by atoms with Gasteiger partial charge in [0, 0.05) is 16.7 Å². The summed E-state index contributed by atoms with van der Waals surface area (Å²) in [6.07, 6.45) is 2.08. The maximum absolute atomic E-state index is 13.7. The Bertz CT molecular complexity index is 1410. The highest BCUT2D eigenvalue weighted by molar-refractivity contribution is 6.11. The summed E-state index contributed by atoms with van der Waals surface area (Å²) in [7, 11) is 0. The highest BCUT2D eigenvalue weighted by Gasteiger charge is 2.40. The summed E-state index contributed by atoms with van der Waals surface area (Å²) in [5.74, 6) is 0.468. The molecule has 0 aromatic heterocycles. The molecular formula is C32H31FO2. The molecule has 0 heterocycles. The first-order chi connectivity index (χ1) is 16.6. The minimum Gasteiger partial charge on any atom is -0.489 e. The molecule has 178 valence electrons. The van der Waals surface area contributed by atoms with E-state index in [0.717, 1.165) is 34.9 Å². The zero-order chi connectivity index (χ0) is 24.8. The molecule has 1 aliphatic rings. The fourth-order valence-corrected chi connectivity index (χ4v) is 5.22. The third-order valence-corrected chi connectivity index (χ3v) is 7.46. The van der Waals surface area contributed by atoms with Gasteiger partial charge in [0.2, 0.25) is 0 Å². The van der Waals surface area contributed by atoms with E-state index >= 15 is 0 Å². The van der Waals surface area contributed by atoms with Gasteiger partial charge in [0.1, 0.15) is 18.2 Å². The first-order valence-corrected chi connectivity index (χ1v) is 12.2. The van der Waals surface area contributed by atoms with Crippen LogP contribution >= 0.6 is 0 Å². The molecule has 0 spiro atoms. The van der Waals surface area contributed by atoms with Crippen molar-refractivity contribution in [2.75, 3.05) is 0 Å². The molecule has 2 nitrogen and oxygen atoms in total. The quantitative estimate of drug-likeness (QED) is 0.278. The van der Waals surface area contributed by atoms with E-state index < -0.39 is 0 Å². The van der Waals surface area contributed by atoms with Gasteiger partial charge in [-0.3, -0.25) is 4.79 Å². The van der Waals surface area contributed by atoms with Crippen LogP contribution in [-0.2, 0) is 17.4 Å². The maximum Gasteiger partial charge on any atom is 0.193 e. The molecule has 0 atom stereocenters. The highest BCUT2D eigenvalue weighted by atomic mass is 19.1. The van der Waals surface area contributed by atoms with Crippen LogP contribution < -0.4 is 4.74 Å². The molecular weight excluding hydrogens is 435 g/mol. The predicted octanol–water partition coefficient (Wildman–Crippen LogP) is 8.14. The van der Waals surface area contributed by atoms with E-state index in [1.54, 1.807) is 12.1 Å². The molecule has 4 aromatic carbocycles. The van der Waals surface area contributed by atoms with Crippen molar-refractivity contribution in [3.63, 3.8) is 0 Å². The normalized spacial score (nSPS) is 16.0. The zero-order valence-corrected chi connectivity index (χ0v) is 20.8. The lowest BCUT2D eigenvalue weighted by molar-refractivity contribution is 0.103. The summed E-state index contributed by atoms with van der Waals surface area (Å²) in [5.41, 5.74) is 4.39. The smallest absolute Gasteiger partial charge is 0.193 e. The first-order valence-electron chi connectivity index (χ1n) is 12.2. The molecule has 3 heteroatoms. The van der Waals surface area contributed by atoms with Crippen LogP contribution in [0.15, 0.2) is 78.9 Å². The molecule has 0 aliphatic heterocycles. The van der Waals surface area contributed by atoms with Crippen molar-refractivity contribution in [2.24, 2.45) is 0 Å². The van der Waals surface area contributed by atoms with Crippen molar-refractivity contribution < 1.29 is 13.9 Å². The van der Waals surface area contributed by atoms with Crippen molar-refractivity contribution in [2.45, 2.75) is 58.0 Å². The Labute approximate surface area is 206 Å². The molecule has 4 aromatic rings. The molecule has 0 saturated carbocycles. The van der Waals surface area contributed by atoms with Gasteiger partial charge in [0.15, 0.2) is 5.78 Å². The Kier molecular flexibility index (Phi) is 5.75. The van der Waals surface area contributed by atoms with Gasteiger partial charge in [-0.25, -0.2) is 4.39 Å². The van der Waals surface area contributed by atoms with Crippen LogP contribution in [0, 0.1) is 5.82 Å². The first kappa shape index (κ1) is 23.3. The molecule has 0 N–H and O–H groups in total. The monoisotopic (exact) mass is 466 g/mol. The van der Waals surface area contributed by atoms with Crippen LogP contribution in [0.4, 0.5) is 4.39 Å². The molecule has 0 fully saturated rings. The second-order valence-corrected chi connectivity index (χ2v) is 11.0. The number of benzene rings is 4. The Morgan fingerprint density at radius 2 is 1.49 bits per heavy atom. The zero-order valence-electron chi connectivity index (χ0n) is 20.8. The summed E-state index contributed by atoms with van der Waals surface area (Å²) < 4.78 is 19.8. The minimum absolute atomic E-state index is 0.00985. The average Bonchev–Trinajstić information content (AvgIpc) is 2.85. The van der Waals surface area contributed by atoms with E-state index in [2.05, 4.69) is 39.8 Å². The van der Waals surface area contributed by atoms with Crippen LogP contribution in [0.3, 0.4) is 0 Å². The van der Waals surface area contributed by atoms with Gasteiger partial charge in [0.25, 0.3) is 0 Å². The molecule has 0 saturated heterocycles. The third-order valence-electron chi connectivity index (χ3n) is 7.46. The second kappa shape index (κ2) is 8.64. The van der Waals surface area contributed by atoms with Crippen molar-refractivity contribution in [3.05, 3.63) is 112 Å². The van der Waals surface area contributed by atoms with Crippen LogP contribution in [0.1, 0.15) is 73.1 Å². The number of fused-ring (bicyclic) bond motifs is 2. The van der Waals surface area contributed by atoms with E-state index in [9.17, 15) is 9.18 Å². The van der Waals surface area contributed by atoms with Crippen LogP contribution in [0.2, 0.25) is 0 Å². The number of ether oxygens (including phenoxy) is 1. The number of carbonyl (C=O) groups excluding carboxylic acids is 1. The van der Waals surface area contributed by atoms with Gasteiger partial charge in [-0.2, -0.15) is 0 Å². The largest absolute Gasteiger partial charge is 0.489 e. The molecule has 35 heavy (non-hydrogen) atoms. The van der Waals surface area contributed by atoms with Gasteiger partial charge in [-0.05, 0) is 75.9 Å². The lowest BCUT2D eigenvalue weighted by atomic mass is 9.62. The van der Waals surface area contributed by atoms with Crippen molar-refractivity contribution in [3.8, 4) is 5.75 Å². The summed E-state index contributed by atoms with van der Waals surface area (Å²) in [4.78, 5) is 13.7. The number of hydrogen-bond acceptors (Lipinski definition) is 2. The molecule has 5 rings (SSSR count). The van der Waals surface area contributed by atoms with Crippen molar-refractivity contribution in [1.82, 2.24) is 0 Å². The lowest BCUT2D eigenvalue weighted by Crippen LogP contribution is -2.34. The van der Waals surface area contributed by atoms with Gasteiger partial charge < -0.3 is 4.74 Å². The molecule has 0 bridgehead atoms. The Morgan fingerprint density at radius 1 is 0.800 bits per heavy atom. The topological polar surface area (TPSA) is 26.3 Å². The van der Waals surface area contributed by atoms with Crippen LogP contribution in [0.5, 0.6) is 5.75 Å². The minimum atomic E-state index is -0.267. The van der Waals surface area contributed by atoms with Gasteiger partial charge in [-0.1, -0.05) is 76.2 Å². The van der Waals surface area contributed by atoms with Gasteiger partial charge >= 0.3 is 0 Å². The number of carbonyl (C=O) groups is 1. The fraction of sp³-hybridized carbons (Fsp3) is 0.281. The molecule has 0 radical (unpaired) electrons. The standard InChI is InChI=1S/C32H31FO2/c1-31(2)15-16-32(3,4)29-27(31)18-25(19-28(29)35-20-21-9-13-26(33)14-10-21)30(34)24-12-11-22-7-5-6-8-23(22)17-24/h5-14,17-19H,15-16,20H2,1-4H3. The van der Waals surface area contributed by atoms with E-state index in [-0.39, 0.29) is 22.4 Å². The maximum atomic E-state index is 13.7. The summed E-state index contributed by atoms with van der Waals surface area (Å²) in [6, 6.07) is 24.3. The Balaban J connectivity index is 1.60. The Morgan fingerprint density at radius 3 is 2.23 bits per heavy atom. The van der Waals surface area contributed by atoms with Crippen LogP contribution in [0.25, 0.3) is 10.8 Å².